The molecule has 1 amide bonds. The molecule has 8 heteroatoms. The normalized spacial score (nSPS) is 12.0. The summed E-state index contributed by atoms with van der Waals surface area (Å²) in [4.78, 5) is 12.5. The maximum absolute atomic E-state index is 12.5. The Morgan fingerprint density at radius 3 is 2.12 bits per heavy atom. The molecule has 0 bridgehead atoms. The van der Waals surface area contributed by atoms with E-state index >= 15 is 0 Å². The van der Waals surface area contributed by atoms with Gasteiger partial charge in [0.15, 0.2) is 0 Å². The van der Waals surface area contributed by atoms with E-state index in [9.17, 15) is 18.0 Å². The smallest absolute Gasteiger partial charge is 0.406 e. The lowest BCUT2D eigenvalue weighted by Gasteiger charge is -2.20. The van der Waals surface area contributed by atoms with Gasteiger partial charge in [0, 0.05) is 14.5 Å². The quantitative estimate of drug-likeness (QED) is 0.518. The highest BCUT2D eigenvalue weighted by Crippen LogP contribution is 2.37. The second-order valence-corrected chi connectivity index (χ2v) is 8.30. The lowest BCUT2D eigenvalue weighted by atomic mass is 9.86. The average Bonchev–Trinajstić information content (AvgIpc) is 2.48. The van der Waals surface area contributed by atoms with Crippen LogP contribution in [0, 0.1) is 0 Å². The zero-order chi connectivity index (χ0) is 19.7. The monoisotopic (exact) mass is 493 g/mol. The second kappa shape index (κ2) is 7.60. The SMILES string of the molecule is CC(C)(C)c1cccc(C(=O)Nc2c(Br)cc(OC(F)(F)F)cc2Br)c1. The topological polar surface area (TPSA) is 38.3 Å². The number of hydrogen-bond donors (Lipinski definition) is 1. The summed E-state index contributed by atoms with van der Waals surface area (Å²) in [6.45, 7) is 6.11. The Hall–Kier alpha value is -1.54. The highest BCUT2D eigenvalue weighted by atomic mass is 79.9. The van der Waals surface area contributed by atoms with Gasteiger partial charge < -0.3 is 10.1 Å². The van der Waals surface area contributed by atoms with Gasteiger partial charge in [-0.25, -0.2) is 0 Å². The fourth-order valence-corrected chi connectivity index (χ4v) is 3.52. The van der Waals surface area contributed by atoms with E-state index in [1.807, 2.05) is 26.8 Å². The molecular formula is C18H16Br2F3NO2. The van der Waals surface area contributed by atoms with E-state index in [1.54, 1.807) is 18.2 Å². The predicted octanol–water partition coefficient (Wildman–Crippen LogP) is 6.66. The van der Waals surface area contributed by atoms with Crippen LogP contribution in [0.25, 0.3) is 0 Å². The molecule has 0 atom stereocenters. The number of alkyl halides is 3. The molecule has 2 aromatic rings. The van der Waals surface area contributed by atoms with E-state index < -0.39 is 12.1 Å². The van der Waals surface area contributed by atoms with Crippen LogP contribution in [0.15, 0.2) is 45.3 Å². The molecule has 2 rings (SSSR count). The third-order valence-electron chi connectivity index (χ3n) is 3.48. The lowest BCUT2D eigenvalue weighted by Crippen LogP contribution is -2.18. The van der Waals surface area contributed by atoms with Crippen molar-refractivity contribution in [3.63, 3.8) is 0 Å². The Labute approximate surface area is 166 Å². The molecule has 0 radical (unpaired) electrons. The van der Waals surface area contributed by atoms with Crippen molar-refractivity contribution in [2.24, 2.45) is 0 Å². The molecule has 0 aliphatic heterocycles. The number of benzene rings is 2. The van der Waals surface area contributed by atoms with E-state index in [2.05, 4.69) is 41.9 Å². The highest BCUT2D eigenvalue weighted by Gasteiger charge is 2.31. The van der Waals surface area contributed by atoms with Crippen LogP contribution in [-0.4, -0.2) is 12.3 Å². The molecule has 1 N–H and O–H groups in total. The number of nitrogens with one attached hydrogen (secondary N) is 1. The number of carbonyl (C=O) groups excluding carboxylic acids is 1. The second-order valence-electron chi connectivity index (χ2n) is 6.59. The van der Waals surface area contributed by atoms with E-state index in [0.29, 0.717) is 11.3 Å². The summed E-state index contributed by atoms with van der Waals surface area (Å²) in [5, 5.41) is 2.69. The third-order valence-corrected chi connectivity index (χ3v) is 4.73. The molecule has 26 heavy (non-hydrogen) atoms. The van der Waals surface area contributed by atoms with Gasteiger partial charge in [-0.2, -0.15) is 0 Å². The number of carbonyl (C=O) groups is 1. The van der Waals surface area contributed by atoms with Crippen molar-refractivity contribution in [2.75, 3.05) is 5.32 Å². The Morgan fingerprint density at radius 2 is 1.62 bits per heavy atom. The van der Waals surface area contributed by atoms with Gasteiger partial charge >= 0.3 is 6.36 Å². The molecule has 0 spiro atoms. The van der Waals surface area contributed by atoms with Crippen LogP contribution in [-0.2, 0) is 5.41 Å². The van der Waals surface area contributed by atoms with Gasteiger partial charge in [0.1, 0.15) is 5.75 Å². The zero-order valence-electron chi connectivity index (χ0n) is 14.2. The Morgan fingerprint density at radius 1 is 1.04 bits per heavy atom. The maximum Gasteiger partial charge on any atom is 0.573 e. The fourth-order valence-electron chi connectivity index (χ4n) is 2.17. The summed E-state index contributed by atoms with van der Waals surface area (Å²) < 4.78 is 41.4. The standard InChI is InChI=1S/C18H16Br2F3NO2/c1-17(2,3)11-6-4-5-10(7-11)16(25)24-15-13(19)8-12(9-14(15)20)26-18(21,22)23/h4-9H,1-3H3,(H,24,25). The fraction of sp³-hybridized carbons (Fsp3) is 0.278. The van der Waals surface area contributed by atoms with Crippen LogP contribution in [0.5, 0.6) is 5.75 Å². The van der Waals surface area contributed by atoms with Crippen LogP contribution >= 0.6 is 31.9 Å². The molecule has 140 valence electrons. The minimum absolute atomic E-state index is 0.117. The van der Waals surface area contributed by atoms with Gasteiger partial charge in [0.25, 0.3) is 5.91 Å². The minimum Gasteiger partial charge on any atom is -0.406 e. The van der Waals surface area contributed by atoms with Crippen molar-refractivity contribution in [1.82, 2.24) is 0 Å². The van der Waals surface area contributed by atoms with Gasteiger partial charge in [0.2, 0.25) is 0 Å². The predicted molar refractivity (Wildman–Crippen MR) is 102 cm³/mol. The summed E-state index contributed by atoms with van der Waals surface area (Å²) in [6, 6.07) is 9.47. The van der Waals surface area contributed by atoms with E-state index in [-0.39, 0.29) is 20.3 Å². The Kier molecular flexibility index (Phi) is 6.07. The number of hydrogen-bond acceptors (Lipinski definition) is 2. The molecule has 3 nitrogen and oxygen atoms in total. The molecule has 2 aromatic carbocycles. The summed E-state index contributed by atoms with van der Waals surface area (Å²) >= 11 is 6.32. The van der Waals surface area contributed by atoms with Gasteiger partial charge in [-0.1, -0.05) is 32.9 Å². The Balaban J connectivity index is 2.27. The number of rotatable bonds is 3. The molecular weight excluding hydrogens is 479 g/mol. The maximum atomic E-state index is 12.5. The Bertz CT molecular complexity index is 807. The van der Waals surface area contributed by atoms with E-state index in [1.165, 1.54) is 0 Å². The first-order chi connectivity index (χ1) is 11.9. The van der Waals surface area contributed by atoms with Crippen molar-refractivity contribution >= 4 is 43.5 Å². The molecule has 0 aliphatic carbocycles. The number of anilines is 1. The highest BCUT2D eigenvalue weighted by molar-refractivity contribution is 9.11. The summed E-state index contributed by atoms with van der Waals surface area (Å²) in [5.74, 6) is -0.772. The molecule has 0 heterocycles. The molecule has 0 fully saturated rings. The molecule has 0 aliphatic rings. The number of halogens is 5. The third kappa shape index (κ3) is 5.48. The van der Waals surface area contributed by atoms with Crippen molar-refractivity contribution in [3.8, 4) is 5.75 Å². The zero-order valence-corrected chi connectivity index (χ0v) is 17.3. The van der Waals surface area contributed by atoms with Gasteiger partial charge in [-0.3, -0.25) is 4.79 Å². The van der Waals surface area contributed by atoms with E-state index in [0.717, 1.165) is 17.7 Å². The van der Waals surface area contributed by atoms with Crippen LogP contribution in [0.1, 0.15) is 36.7 Å². The van der Waals surface area contributed by atoms with Crippen LogP contribution in [0.3, 0.4) is 0 Å². The molecule has 0 unspecified atom stereocenters. The summed E-state index contributed by atoms with van der Waals surface area (Å²) in [6.07, 6.45) is -4.79. The van der Waals surface area contributed by atoms with Crippen molar-refractivity contribution < 1.29 is 22.7 Å². The average molecular weight is 495 g/mol. The van der Waals surface area contributed by atoms with Gasteiger partial charge in [-0.15, -0.1) is 13.2 Å². The van der Waals surface area contributed by atoms with Crippen LogP contribution in [0.4, 0.5) is 18.9 Å². The molecule has 0 saturated heterocycles. The van der Waals surface area contributed by atoms with Gasteiger partial charge in [0.05, 0.1) is 5.69 Å². The first-order valence-electron chi connectivity index (χ1n) is 7.53. The van der Waals surface area contributed by atoms with Crippen LogP contribution in [0.2, 0.25) is 0 Å². The molecule has 0 aromatic heterocycles. The lowest BCUT2D eigenvalue weighted by molar-refractivity contribution is -0.274. The van der Waals surface area contributed by atoms with Gasteiger partial charge in [-0.05, 0) is 67.1 Å². The first-order valence-corrected chi connectivity index (χ1v) is 9.12. The molecule has 0 saturated carbocycles. The van der Waals surface area contributed by atoms with Crippen molar-refractivity contribution in [2.45, 2.75) is 32.5 Å². The van der Waals surface area contributed by atoms with Crippen molar-refractivity contribution in [1.29, 1.82) is 0 Å². The van der Waals surface area contributed by atoms with Crippen molar-refractivity contribution in [3.05, 3.63) is 56.5 Å². The number of amides is 1. The van der Waals surface area contributed by atoms with Crippen LogP contribution < -0.4 is 10.1 Å². The first kappa shape index (κ1) is 20.8. The number of ether oxygens (including phenoxy) is 1. The summed E-state index contributed by atoms with van der Waals surface area (Å²) in [5.41, 5.74) is 1.64. The summed E-state index contributed by atoms with van der Waals surface area (Å²) in [7, 11) is 0. The van der Waals surface area contributed by atoms with E-state index in [4.69, 9.17) is 0 Å². The minimum atomic E-state index is -4.79. The largest absolute Gasteiger partial charge is 0.573 e.